The summed E-state index contributed by atoms with van der Waals surface area (Å²) >= 11 is 0. The molecule has 25 heavy (non-hydrogen) atoms. The highest BCUT2D eigenvalue weighted by molar-refractivity contribution is 7.91. The molecule has 3 heterocycles. The molecule has 0 radical (unpaired) electrons. The van der Waals surface area contributed by atoms with E-state index in [0.717, 1.165) is 18.9 Å². The van der Waals surface area contributed by atoms with Crippen LogP contribution in [0.25, 0.3) is 0 Å². The van der Waals surface area contributed by atoms with Gasteiger partial charge in [-0.25, -0.2) is 13.1 Å². The molecule has 0 bridgehead atoms. The van der Waals surface area contributed by atoms with Crippen LogP contribution in [0.1, 0.15) is 18.7 Å². The fourth-order valence-corrected chi connectivity index (χ4v) is 4.91. The van der Waals surface area contributed by atoms with Gasteiger partial charge in [0.05, 0.1) is 37.8 Å². The number of ether oxygens (including phenoxy) is 1. The predicted octanol–water partition coefficient (Wildman–Crippen LogP) is -1.46. The summed E-state index contributed by atoms with van der Waals surface area (Å²) in [6, 6.07) is -0.223. The number of aromatic nitrogens is 4. The largest absolute Gasteiger partial charge is 0.379 e. The van der Waals surface area contributed by atoms with Crippen molar-refractivity contribution in [2.45, 2.75) is 32.0 Å². The molecule has 0 aliphatic carbocycles. The molecule has 140 valence electrons. The lowest BCUT2D eigenvalue weighted by atomic mass is 10.2. The van der Waals surface area contributed by atoms with Crippen molar-refractivity contribution in [2.75, 3.05) is 44.9 Å². The monoisotopic (exact) mass is 372 g/mol. The second-order valence-electron chi connectivity index (χ2n) is 6.52. The summed E-state index contributed by atoms with van der Waals surface area (Å²) in [5.74, 6) is 0.852. The lowest BCUT2D eigenvalue weighted by molar-refractivity contribution is -0.131. The SMILES string of the molecule is CN(C(=O)CCn1nnnc1CN1CCOCC1)C1CCS(=O)(=O)C1. The second kappa shape index (κ2) is 7.75. The van der Waals surface area contributed by atoms with Crippen molar-refractivity contribution in [2.24, 2.45) is 0 Å². The maximum atomic E-state index is 12.4. The van der Waals surface area contributed by atoms with Crippen LogP contribution in [0.15, 0.2) is 0 Å². The molecule has 0 N–H and O–H groups in total. The Morgan fingerprint density at radius 2 is 2.12 bits per heavy atom. The Morgan fingerprint density at radius 3 is 2.80 bits per heavy atom. The third kappa shape index (κ3) is 4.73. The van der Waals surface area contributed by atoms with Gasteiger partial charge in [0.25, 0.3) is 0 Å². The Balaban J connectivity index is 1.51. The van der Waals surface area contributed by atoms with E-state index in [-0.39, 0.29) is 29.9 Å². The Labute approximate surface area is 147 Å². The van der Waals surface area contributed by atoms with Gasteiger partial charge in [-0.3, -0.25) is 9.69 Å². The molecule has 1 amide bonds. The van der Waals surface area contributed by atoms with Crippen LogP contribution in [0.2, 0.25) is 0 Å². The van der Waals surface area contributed by atoms with E-state index < -0.39 is 9.84 Å². The average Bonchev–Trinajstić information content (AvgIpc) is 3.18. The zero-order chi connectivity index (χ0) is 17.9. The number of rotatable bonds is 6. The molecule has 11 heteroatoms. The smallest absolute Gasteiger partial charge is 0.224 e. The summed E-state index contributed by atoms with van der Waals surface area (Å²) in [7, 11) is -1.33. The predicted molar refractivity (Wildman–Crippen MR) is 88.4 cm³/mol. The molecule has 0 aromatic carbocycles. The minimum absolute atomic E-state index is 0.0579. The molecule has 3 rings (SSSR count). The van der Waals surface area contributed by atoms with Gasteiger partial charge in [-0.05, 0) is 16.8 Å². The number of nitrogens with zero attached hydrogens (tertiary/aromatic N) is 6. The molecule has 2 aliphatic heterocycles. The Hall–Kier alpha value is -1.59. The molecule has 2 aliphatic rings. The Kier molecular flexibility index (Phi) is 5.64. The number of aryl methyl sites for hydroxylation is 1. The maximum absolute atomic E-state index is 12.4. The molecule has 2 saturated heterocycles. The molecule has 0 saturated carbocycles. The van der Waals surface area contributed by atoms with E-state index in [0.29, 0.717) is 32.7 Å². The van der Waals surface area contributed by atoms with Crippen LogP contribution in [0, 0.1) is 0 Å². The van der Waals surface area contributed by atoms with E-state index in [1.807, 2.05) is 0 Å². The van der Waals surface area contributed by atoms with Crippen LogP contribution >= 0.6 is 0 Å². The number of tetrazole rings is 1. The Bertz CT molecular complexity index is 700. The van der Waals surface area contributed by atoms with E-state index >= 15 is 0 Å². The summed E-state index contributed by atoms with van der Waals surface area (Å²) in [5, 5.41) is 11.7. The summed E-state index contributed by atoms with van der Waals surface area (Å²) in [4.78, 5) is 16.1. The van der Waals surface area contributed by atoms with E-state index in [2.05, 4.69) is 20.4 Å². The molecular weight excluding hydrogens is 348 g/mol. The normalized spacial score (nSPS) is 23.6. The molecule has 1 aromatic heterocycles. The summed E-state index contributed by atoms with van der Waals surface area (Å²) in [6.07, 6.45) is 0.756. The number of morpholine rings is 1. The van der Waals surface area contributed by atoms with Crippen molar-refractivity contribution in [1.29, 1.82) is 0 Å². The third-order valence-corrected chi connectivity index (χ3v) is 6.51. The van der Waals surface area contributed by atoms with Crippen molar-refractivity contribution in [3.63, 3.8) is 0 Å². The van der Waals surface area contributed by atoms with Crippen LogP contribution in [0.3, 0.4) is 0 Å². The molecule has 0 spiro atoms. The zero-order valence-electron chi connectivity index (χ0n) is 14.4. The first-order valence-corrected chi connectivity index (χ1v) is 10.3. The van der Waals surface area contributed by atoms with Crippen molar-refractivity contribution >= 4 is 15.7 Å². The van der Waals surface area contributed by atoms with E-state index in [9.17, 15) is 13.2 Å². The quantitative estimate of drug-likeness (QED) is 0.596. The van der Waals surface area contributed by atoms with Crippen molar-refractivity contribution in [1.82, 2.24) is 30.0 Å². The van der Waals surface area contributed by atoms with Crippen molar-refractivity contribution in [3.05, 3.63) is 5.82 Å². The van der Waals surface area contributed by atoms with Gasteiger partial charge < -0.3 is 9.64 Å². The van der Waals surface area contributed by atoms with Gasteiger partial charge >= 0.3 is 0 Å². The number of hydrogen-bond acceptors (Lipinski definition) is 8. The van der Waals surface area contributed by atoms with E-state index in [4.69, 9.17) is 4.74 Å². The summed E-state index contributed by atoms with van der Waals surface area (Å²) in [6.45, 7) is 4.09. The minimum atomic E-state index is -3.00. The standard InChI is InChI=1S/C14H24N6O4S/c1-18(12-3-9-25(22,23)11-12)14(21)2-4-20-13(15-16-17-20)10-19-5-7-24-8-6-19/h12H,2-11H2,1H3. The van der Waals surface area contributed by atoms with Crippen molar-refractivity contribution in [3.8, 4) is 0 Å². The molecule has 1 aromatic rings. The highest BCUT2D eigenvalue weighted by Crippen LogP contribution is 2.17. The lowest BCUT2D eigenvalue weighted by Gasteiger charge is -2.26. The maximum Gasteiger partial charge on any atom is 0.224 e. The van der Waals surface area contributed by atoms with E-state index in [1.54, 1.807) is 16.6 Å². The number of carbonyl (C=O) groups excluding carboxylic acids is 1. The minimum Gasteiger partial charge on any atom is -0.379 e. The van der Waals surface area contributed by atoms with Gasteiger partial charge in [0.15, 0.2) is 15.7 Å². The first kappa shape index (κ1) is 18.2. The molecule has 1 unspecified atom stereocenters. The van der Waals surface area contributed by atoms with Crippen LogP contribution in [0.4, 0.5) is 0 Å². The van der Waals surface area contributed by atoms with Gasteiger partial charge in [0, 0.05) is 32.6 Å². The number of amides is 1. The summed E-state index contributed by atoms with van der Waals surface area (Å²) < 4.78 is 30.1. The third-order valence-electron chi connectivity index (χ3n) is 4.76. The average molecular weight is 372 g/mol. The van der Waals surface area contributed by atoms with Gasteiger partial charge in [-0.2, -0.15) is 0 Å². The molecule has 1 atom stereocenters. The van der Waals surface area contributed by atoms with Crippen molar-refractivity contribution < 1.29 is 17.9 Å². The first-order chi connectivity index (χ1) is 11.9. The number of sulfone groups is 1. The summed E-state index contributed by atoms with van der Waals surface area (Å²) in [5.41, 5.74) is 0. The second-order valence-corrected chi connectivity index (χ2v) is 8.75. The van der Waals surface area contributed by atoms with E-state index in [1.165, 1.54) is 0 Å². The fourth-order valence-electron chi connectivity index (χ4n) is 3.13. The lowest BCUT2D eigenvalue weighted by Crippen LogP contribution is -2.38. The molecule has 10 nitrogen and oxygen atoms in total. The van der Waals surface area contributed by atoms with Gasteiger partial charge in [-0.15, -0.1) is 5.10 Å². The molecular formula is C14H24N6O4S. The topological polar surface area (TPSA) is 111 Å². The van der Waals surface area contributed by atoms with Gasteiger partial charge in [-0.1, -0.05) is 0 Å². The van der Waals surface area contributed by atoms with Crippen LogP contribution in [-0.2, 0) is 32.5 Å². The Morgan fingerprint density at radius 1 is 1.36 bits per heavy atom. The highest BCUT2D eigenvalue weighted by atomic mass is 32.2. The fraction of sp³-hybridized carbons (Fsp3) is 0.857. The first-order valence-electron chi connectivity index (χ1n) is 8.46. The van der Waals surface area contributed by atoms with Gasteiger partial charge in [0.1, 0.15) is 0 Å². The van der Waals surface area contributed by atoms with Gasteiger partial charge in [0.2, 0.25) is 5.91 Å². The molecule has 2 fully saturated rings. The van der Waals surface area contributed by atoms with Crippen LogP contribution < -0.4 is 0 Å². The van der Waals surface area contributed by atoms with Crippen LogP contribution in [0.5, 0.6) is 0 Å². The number of carbonyl (C=O) groups is 1. The highest BCUT2D eigenvalue weighted by Gasteiger charge is 2.32. The number of hydrogen-bond donors (Lipinski definition) is 0. The zero-order valence-corrected chi connectivity index (χ0v) is 15.2. The van der Waals surface area contributed by atoms with Crippen LogP contribution in [-0.4, -0.2) is 95.2 Å².